The normalized spacial score (nSPS) is 18.2. The Morgan fingerprint density at radius 3 is 2.82 bits per heavy atom. The van der Waals surface area contributed by atoms with Gasteiger partial charge in [0, 0.05) is 11.5 Å². The summed E-state index contributed by atoms with van der Waals surface area (Å²) >= 11 is 0. The lowest BCUT2D eigenvalue weighted by molar-refractivity contribution is -0.0441. The number of ether oxygens (including phenoxy) is 2. The second-order valence-electron chi connectivity index (χ2n) is 3.93. The standard InChI is InChI=1S/C12H15NO4/c14-8-11(7-13-15)9-2-1-3-10(6-9)12-16-4-5-17-12/h1-3,6,11-12,14H,4-5,7-8H2. The molecule has 5 nitrogen and oxygen atoms in total. The molecule has 0 spiro atoms. The first kappa shape index (κ1) is 12.2. The van der Waals surface area contributed by atoms with Crippen molar-refractivity contribution < 1.29 is 14.6 Å². The SMILES string of the molecule is O=NCC(CO)c1cccc(C2OCCO2)c1. The number of hydrogen-bond acceptors (Lipinski definition) is 5. The molecule has 1 aliphatic heterocycles. The van der Waals surface area contributed by atoms with E-state index in [1.165, 1.54) is 0 Å². The van der Waals surface area contributed by atoms with Crippen molar-refractivity contribution in [3.63, 3.8) is 0 Å². The van der Waals surface area contributed by atoms with Gasteiger partial charge in [-0.05, 0) is 5.56 Å². The van der Waals surface area contributed by atoms with Gasteiger partial charge in [-0.25, -0.2) is 0 Å². The summed E-state index contributed by atoms with van der Waals surface area (Å²) in [6.45, 7) is 1.16. The van der Waals surface area contributed by atoms with Crippen LogP contribution in [0.4, 0.5) is 0 Å². The van der Waals surface area contributed by atoms with Crippen LogP contribution in [-0.4, -0.2) is 31.5 Å². The van der Waals surface area contributed by atoms with Gasteiger partial charge in [0.15, 0.2) is 6.29 Å². The van der Waals surface area contributed by atoms with Crippen LogP contribution in [0.25, 0.3) is 0 Å². The van der Waals surface area contributed by atoms with Crippen LogP contribution in [0.3, 0.4) is 0 Å². The molecule has 1 fully saturated rings. The Balaban J connectivity index is 2.17. The molecule has 92 valence electrons. The fourth-order valence-corrected chi connectivity index (χ4v) is 1.87. The number of hydrogen-bond donors (Lipinski definition) is 1. The molecular formula is C12H15NO4. The minimum absolute atomic E-state index is 0.0757. The molecule has 0 radical (unpaired) electrons. The molecular weight excluding hydrogens is 222 g/mol. The van der Waals surface area contributed by atoms with E-state index in [9.17, 15) is 10.0 Å². The third-order valence-electron chi connectivity index (χ3n) is 2.79. The zero-order valence-corrected chi connectivity index (χ0v) is 9.41. The molecule has 1 aliphatic rings. The van der Waals surface area contributed by atoms with E-state index in [-0.39, 0.29) is 25.4 Å². The molecule has 1 saturated heterocycles. The number of benzene rings is 1. The van der Waals surface area contributed by atoms with E-state index in [2.05, 4.69) is 5.18 Å². The Labute approximate surface area is 99.3 Å². The van der Waals surface area contributed by atoms with Crippen LogP contribution in [0, 0.1) is 4.91 Å². The molecule has 0 aliphatic carbocycles. The average Bonchev–Trinajstić information content (AvgIpc) is 2.90. The first-order valence-corrected chi connectivity index (χ1v) is 5.58. The van der Waals surface area contributed by atoms with Gasteiger partial charge in [0.05, 0.1) is 26.4 Å². The average molecular weight is 237 g/mol. The Morgan fingerprint density at radius 2 is 2.18 bits per heavy atom. The highest BCUT2D eigenvalue weighted by molar-refractivity contribution is 5.28. The van der Waals surface area contributed by atoms with Crippen LogP contribution in [0.2, 0.25) is 0 Å². The summed E-state index contributed by atoms with van der Waals surface area (Å²) in [6.07, 6.45) is -0.335. The molecule has 0 amide bonds. The monoisotopic (exact) mass is 237 g/mol. The van der Waals surface area contributed by atoms with Gasteiger partial charge in [-0.15, -0.1) is 0 Å². The lowest BCUT2D eigenvalue weighted by Crippen LogP contribution is -2.09. The molecule has 2 rings (SSSR count). The molecule has 0 saturated carbocycles. The van der Waals surface area contributed by atoms with Crippen LogP contribution in [0.15, 0.2) is 29.4 Å². The Morgan fingerprint density at radius 1 is 1.41 bits per heavy atom. The van der Waals surface area contributed by atoms with Crippen LogP contribution in [0.1, 0.15) is 23.3 Å². The number of nitrogens with zero attached hydrogens (tertiary/aromatic N) is 1. The quantitative estimate of drug-likeness (QED) is 0.789. The number of rotatable bonds is 5. The zero-order valence-electron chi connectivity index (χ0n) is 9.41. The highest BCUT2D eigenvalue weighted by Gasteiger charge is 2.19. The van der Waals surface area contributed by atoms with Gasteiger partial charge < -0.3 is 14.6 Å². The molecule has 0 bridgehead atoms. The maximum absolute atomic E-state index is 10.3. The van der Waals surface area contributed by atoms with E-state index in [4.69, 9.17) is 9.47 Å². The third kappa shape index (κ3) is 2.88. The topological polar surface area (TPSA) is 68.1 Å². The number of aliphatic hydroxyl groups is 1. The molecule has 1 atom stereocenters. The number of aliphatic hydroxyl groups excluding tert-OH is 1. The van der Waals surface area contributed by atoms with E-state index < -0.39 is 0 Å². The summed E-state index contributed by atoms with van der Waals surface area (Å²) in [4.78, 5) is 10.3. The second-order valence-corrected chi connectivity index (χ2v) is 3.93. The van der Waals surface area contributed by atoms with E-state index in [1.807, 2.05) is 24.3 Å². The van der Waals surface area contributed by atoms with Gasteiger partial charge in [0.1, 0.15) is 0 Å². The van der Waals surface area contributed by atoms with E-state index >= 15 is 0 Å². The van der Waals surface area contributed by atoms with Crippen molar-refractivity contribution in [2.45, 2.75) is 12.2 Å². The fraction of sp³-hybridized carbons (Fsp3) is 0.500. The van der Waals surface area contributed by atoms with Crippen LogP contribution in [0.5, 0.6) is 0 Å². The molecule has 1 unspecified atom stereocenters. The van der Waals surface area contributed by atoms with Crippen molar-refractivity contribution in [1.82, 2.24) is 0 Å². The van der Waals surface area contributed by atoms with Crippen molar-refractivity contribution in [2.24, 2.45) is 5.18 Å². The maximum atomic E-state index is 10.3. The van der Waals surface area contributed by atoms with Gasteiger partial charge in [-0.2, -0.15) is 4.91 Å². The van der Waals surface area contributed by atoms with Crippen molar-refractivity contribution >= 4 is 0 Å². The Hall–Kier alpha value is -1.30. The molecule has 17 heavy (non-hydrogen) atoms. The van der Waals surface area contributed by atoms with Crippen LogP contribution >= 0.6 is 0 Å². The highest BCUT2D eigenvalue weighted by atomic mass is 16.7. The van der Waals surface area contributed by atoms with Gasteiger partial charge in [0.2, 0.25) is 0 Å². The number of nitroso groups, excluding NO2 is 1. The molecule has 1 N–H and O–H groups in total. The first-order chi connectivity index (χ1) is 8.35. The van der Waals surface area contributed by atoms with Crippen molar-refractivity contribution in [3.05, 3.63) is 40.3 Å². The third-order valence-corrected chi connectivity index (χ3v) is 2.79. The zero-order chi connectivity index (χ0) is 12.1. The molecule has 1 heterocycles. The van der Waals surface area contributed by atoms with Crippen molar-refractivity contribution in [1.29, 1.82) is 0 Å². The van der Waals surface area contributed by atoms with Gasteiger partial charge in [-0.1, -0.05) is 29.4 Å². The predicted octanol–water partition coefficient (Wildman–Crippen LogP) is 1.57. The maximum Gasteiger partial charge on any atom is 0.184 e. The van der Waals surface area contributed by atoms with E-state index in [1.54, 1.807) is 0 Å². The highest BCUT2D eigenvalue weighted by Crippen LogP contribution is 2.26. The van der Waals surface area contributed by atoms with Gasteiger partial charge >= 0.3 is 0 Å². The summed E-state index contributed by atoms with van der Waals surface area (Å²) < 4.78 is 10.8. The van der Waals surface area contributed by atoms with E-state index in [0.717, 1.165) is 11.1 Å². The molecule has 1 aromatic carbocycles. The summed E-state index contributed by atoms with van der Waals surface area (Å²) in [5.41, 5.74) is 1.79. The lowest BCUT2D eigenvalue weighted by Gasteiger charge is -2.14. The van der Waals surface area contributed by atoms with Gasteiger partial charge in [-0.3, -0.25) is 0 Å². The van der Waals surface area contributed by atoms with Crippen molar-refractivity contribution in [2.75, 3.05) is 26.4 Å². The fourth-order valence-electron chi connectivity index (χ4n) is 1.87. The van der Waals surface area contributed by atoms with E-state index in [0.29, 0.717) is 13.2 Å². The van der Waals surface area contributed by atoms with Crippen molar-refractivity contribution in [3.8, 4) is 0 Å². The lowest BCUT2D eigenvalue weighted by atomic mass is 9.98. The van der Waals surface area contributed by atoms with Crippen LogP contribution < -0.4 is 0 Å². The smallest absolute Gasteiger partial charge is 0.184 e. The minimum atomic E-state index is -0.335. The summed E-state index contributed by atoms with van der Waals surface area (Å²) in [7, 11) is 0. The Bertz CT molecular complexity index is 377. The van der Waals surface area contributed by atoms with Gasteiger partial charge in [0.25, 0.3) is 0 Å². The summed E-state index contributed by atoms with van der Waals surface area (Å²) in [5.74, 6) is -0.256. The minimum Gasteiger partial charge on any atom is -0.396 e. The Kier molecular flexibility index (Phi) is 4.19. The predicted molar refractivity (Wildman–Crippen MR) is 61.6 cm³/mol. The summed E-state index contributed by atoms with van der Waals surface area (Å²) in [5, 5.41) is 12.0. The molecule has 0 aromatic heterocycles. The largest absolute Gasteiger partial charge is 0.396 e. The molecule has 5 heteroatoms. The van der Waals surface area contributed by atoms with Crippen LogP contribution in [-0.2, 0) is 9.47 Å². The molecule has 1 aromatic rings. The first-order valence-electron chi connectivity index (χ1n) is 5.58. The summed E-state index contributed by atoms with van der Waals surface area (Å²) in [6, 6.07) is 7.53. The second kappa shape index (κ2) is 5.86.